The van der Waals surface area contributed by atoms with Crippen molar-refractivity contribution in [2.24, 2.45) is 5.73 Å². The average molecular weight is 251 g/mol. The van der Waals surface area contributed by atoms with Crippen molar-refractivity contribution < 1.29 is 9.53 Å². The molecule has 1 aromatic rings. The Morgan fingerprint density at radius 3 is 2.44 bits per heavy atom. The molecular formula is C13H21N3O2. The zero-order valence-corrected chi connectivity index (χ0v) is 11.1. The van der Waals surface area contributed by atoms with Gasteiger partial charge in [0.2, 0.25) is 5.91 Å². The van der Waals surface area contributed by atoms with Crippen LogP contribution in [0.15, 0.2) is 24.3 Å². The molecule has 0 fully saturated rings. The van der Waals surface area contributed by atoms with Gasteiger partial charge in [0.25, 0.3) is 0 Å². The third-order valence-electron chi connectivity index (χ3n) is 2.80. The summed E-state index contributed by atoms with van der Waals surface area (Å²) in [5.74, 6) is 0.678. The highest BCUT2D eigenvalue weighted by Crippen LogP contribution is 2.20. The molecule has 1 aromatic carbocycles. The number of rotatable bonds is 6. The number of nitrogens with zero attached hydrogens (tertiary/aromatic N) is 1. The van der Waals surface area contributed by atoms with Crippen molar-refractivity contribution in [3.8, 4) is 5.75 Å². The van der Waals surface area contributed by atoms with Gasteiger partial charge in [0.05, 0.1) is 19.7 Å². The molecule has 3 N–H and O–H groups in total. The van der Waals surface area contributed by atoms with E-state index in [0.29, 0.717) is 6.54 Å². The summed E-state index contributed by atoms with van der Waals surface area (Å²) in [7, 11) is 5.59. The molecule has 0 aliphatic heterocycles. The second kappa shape index (κ2) is 6.98. The fourth-order valence-electron chi connectivity index (χ4n) is 1.71. The summed E-state index contributed by atoms with van der Waals surface area (Å²) in [6, 6.07) is 7.94. The summed E-state index contributed by atoms with van der Waals surface area (Å²) in [4.78, 5) is 13.3. The van der Waals surface area contributed by atoms with Crippen LogP contribution in [0.2, 0.25) is 0 Å². The van der Waals surface area contributed by atoms with Gasteiger partial charge in [0.15, 0.2) is 0 Å². The van der Waals surface area contributed by atoms with Gasteiger partial charge in [-0.3, -0.25) is 4.79 Å². The summed E-state index contributed by atoms with van der Waals surface area (Å²) in [5.41, 5.74) is 6.39. The number of hydrogen-bond acceptors (Lipinski definition) is 4. The fraction of sp³-hybridized carbons (Fsp3) is 0.462. The normalized spacial score (nSPS) is 12.3. The van der Waals surface area contributed by atoms with Gasteiger partial charge in [0.1, 0.15) is 5.75 Å². The maximum absolute atomic E-state index is 11.2. The van der Waals surface area contributed by atoms with E-state index in [-0.39, 0.29) is 18.5 Å². The van der Waals surface area contributed by atoms with Crippen LogP contribution in [-0.4, -0.2) is 45.1 Å². The topological polar surface area (TPSA) is 67.6 Å². The Kier molecular flexibility index (Phi) is 5.61. The number of hydrogen-bond donors (Lipinski definition) is 2. The van der Waals surface area contributed by atoms with E-state index >= 15 is 0 Å². The smallest absolute Gasteiger partial charge is 0.233 e. The Bertz CT molecular complexity index is 376. The van der Waals surface area contributed by atoms with Crippen LogP contribution in [0.3, 0.4) is 0 Å². The van der Waals surface area contributed by atoms with Crippen LogP contribution >= 0.6 is 0 Å². The zero-order chi connectivity index (χ0) is 13.5. The van der Waals surface area contributed by atoms with E-state index in [1.54, 1.807) is 7.11 Å². The van der Waals surface area contributed by atoms with Gasteiger partial charge in [-0.25, -0.2) is 0 Å². The summed E-state index contributed by atoms with van der Waals surface area (Å²) in [5, 5.41) is 2.80. The SMILES string of the molecule is COc1ccc(C(CNC(=O)CN)N(C)C)cc1. The van der Waals surface area contributed by atoms with Gasteiger partial charge in [-0.15, -0.1) is 0 Å². The standard InChI is InChI=1S/C13H21N3O2/c1-16(2)12(9-15-13(17)8-14)10-4-6-11(18-3)7-5-10/h4-7,12H,8-9,14H2,1-3H3,(H,15,17). The average Bonchev–Trinajstić information content (AvgIpc) is 2.39. The van der Waals surface area contributed by atoms with E-state index in [2.05, 4.69) is 10.2 Å². The van der Waals surface area contributed by atoms with E-state index in [1.807, 2.05) is 38.4 Å². The number of benzene rings is 1. The second-order valence-electron chi connectivity index (χ2n) is 4.26. The van der Waals surface area contributed by atoms with Crippen LogP contribution in [0.4, 0.5) is 0 Å². The molecule has 18 heavy (non-hydrogen) atoms. The van der Waals surface area contributed by atoms with Gasteiger partial charge in [0, 0.05) is 6.54 Å². The van der Waals surface area contributed by atoms with E-state index in [4.69, 9.17) is 10.5 Å². The van der Waals surface area contributed by atoms with Crippen molar-refractivity contribution in [2.75, 3.05) is 34.3 Å². The molecule has 1 rings (SSSR count). The number of nitrogens with one attached hydrogen (secondary N) is 1. The number of amides is 1. The molecule has 0 saturated heterocycles. The first-order valence-corrected chi connectivity index (χ1v) is 5.85. The largest absolute Gasteiger partial charge is 0.497 e. The Morgan fingerprint density at radius 2 is 2.00 bits per heavy atom. The second-order valence-corrected chi connectivity index (χ2v) is 4.26. The molecule has 100 valence electrons. The zero-order valence-electron chi connectivity index (χ0n) is 11.1. The lowest BCUT2D eigenvalue weighted by molar-refractivity contribution is -0.119. The highest BCUT2D eigenvalue weighted by Gasteiger charge is 2.14. The van der Waals surface area contributed by atoms with Crippen LogP contribution in [0.1, 0.15) is 11.6 Å². The Hall–Kier alpha value is -1.59. The van der Waals surface area contributed by atoms with Crippen LogP contribution in [-0.2, 0) is 4.79 Å². The Labute approximate surface area is 108 Å². The van der Waals surface area contributed by atoms with Crippen LogP contribution in [0, 0.1) is 0 Å². The number of ether oxygens (including phenoxy) is 1. The molecule has 0 heterocycles. The number of carbonyl (C=O) groups excluding carboxylic acids is 1. The predicted octanol–water partition coefficient (Wildman–Crippen LogP) is 0.373. The summed E-state index contributed by atoms with van der Waals surface area (Å²) < 4.78 is 5.13. The molecule has 0 aliphatic carbocycles. The minimum Gasteiger partial charge on any atom is -0.497 e. The van der Waals surface area contributed by atoms with Gasteiger partial charge >= 0.3 is 0 Å². The molecule has 5 heteroatoms. The molecule has 1 amide bonds. The molecule has 0 aliphatic rings. The highest BCUT2D eigenvalue weighted by molar-refractivity contribution is 5.77. The van der Waals surface area contributed by atoms with Gasteiger partial charge in [-0.2, -0.15) is 0 Å². The van der Waals surface area contributed by atoms with Crippen molar-refractivity contribution >= 4 is 5.91 Å². The molecule has 0 aromatic heterocycles. The van der Waals surface area contributed by atoms with Crippen molar-refractivity contribution in [1.29, 1.82) is 0 Å². The van der Waals surface area contributed by atoms with E-state index < -0.39 is 0 Å². The molecule has 0 spiro atoms. The Balaban J connectivity index is 2.74. The van der Waals surface area contributed by atoms with Crippen molar-refractivity contribution in [3.05, 3.63) is 29.8 Å². The van der Waals surface area contributed by atoms with Crippen LogP contribution < -0.4 is 15.8 Å². The van der Waals surface area contributed by atoms with Crippen molar-refractivity contribution in [3.63, 3.8) is 0 Å². The maximum atomic E-state index is 11.2. The quantitative estimate of drug-likeness (QED) is 0.766. The number of nitrogens with two attached hydrogens (primary N) is 1. The monoisotopic (exact) mass is 251 g/mol. The van der Waals surface area contributed by atoms with Gasteiger partial charge < -0.3 is 20.7 Å². The molecule has 0 bridgehead atoms. The molecule has 0 saturated carbocycles. The first-order chi connectivity index (χ1) is 8.58. The highest BCUT2D eigenvalue weighted by atomic mass is 16.5. The predicted molar refractivity (Wildman–Crippen MR) is 71.5 cm³/mol. The lowest BCUT2D eigenvalue weighted by Crippen LogP contribution is -2.37. The summed E-state index contributed by atoms with van der Waals surface area (Å²) in [6.07, 6.45) is 0. The third kappa shape index (κ3) is 4.01. The third-order valence-corrected chi connectivity index (χ3v) is 2.80. The van der Waals surface area contributed by atoms with Gasteiger partial charge in [-0.1, -0.05) is 12.1 Å². The summed E-state index contributed by atoms with van der Waals surface area (Å²) >= 11 is 0. The number of methoxy groups -OCH3 is 1. The first kappa shape index (κ1) is 14.5. The minimum absolute atomic E-state index is 0.0166. The maximum Gasteiger partial charge on any atom is 0.233 e. The molecular weight excluding hydrogens is 230 g/mol. The van der Waals surface area contributed by atoms with Gasteiger partial charge in [-0.05, 0) is 31.8 Å². The lowest BCUT2D eigenvalue weighted by atomic mass is 10.1. The molecule has 1 unspecified atom stereocenters. The molecule has 1 atom stereocenters. The lowest BCUT2D eigenvalue weighted by Gasteiger charge is -2.25. The van der Waals surface area contributed by atoms with Crippen LogP contribution in [0.5, 0.6) is 5.75 Å². The van der Waals surface area contributed by atoms with E-state index in [1.165, 1.54) is 0 Å². The van der Waals surface area contributed by atoms with Crippen LogP contribution in [0.25, 0.3) is 0 Å². The first-order valence-electron chi connectivity index (χ1n) is 5.85. The molecule has 5 nitrogen and oxygen atoms in total. The minimum atomic E-state index is -0.143. The fourth-order valence-corrected chi connectivity index (χ4v) is 1.71. The summed E-state index contributed by atoms with van der Waals surface area (Å²) in [6.45, 7) is 0.554. The van der Waals surface area contributed by atoms with E-state index in [0.717, 1.165) is 11.3 Å². The Morgan fingerprint density at radius 1 is 1.39 bits per heavy atom. The number of likely N-dealkylation sites (N-methyl/N-ethyl adjacent to an activating group) is 1. The van der Waals surface area contributed by atoms with E-state index in [9.17, 15) is 4.79 Å². The van der Waals surface area contributed by atoms with Crippen molar-refractivity contribution in [1.82, 2.24) is 10.2 Å². The number of carbonyl (C=O) groups is 1. The van der Waals surface area contributed by atoms with Crippen molar-refractivity contribution in [2.45, 2.75) is 6.04 Å². The molecule has 0 radical (unpaired) electrons.